The molecule has 0 unspecified atom stereocenters. The van der Waals surface area contributed by atoms with E-state index < -0.39 is 5.63 Å². The lowest BCUT2D eigenvalue weighted by Crippen LogP contribution is -2.31. The Morgan fingerprint density at radius 1 is 0.975 bits per heavy atom. The van der Waals surface area contributed by atoms with Crippen molar-refractivity contribution in [2.24, 2.45) is 0 Å². The predicted octanol–water partition coefficient (Wildman–Crippen LogP) is 6.98. The Labute approximate surface area is 239 Å². The number of nitrogens with zero attached hydrogens (tertiary/aromatic N) is 3. The minimum Gasteiger partial charge on any atom is -0.508 e. The van der Waals surface area contributed by atoms with Crippen LogP contribution in [0.5, 0.6) is 11.5 Å². The summed E-state index contributed by atoms with van der Waals surface area (Å²) in [5, 5.41) is 22.5. The number of phenolic OH excluding ortho intramolecular Hbond substituents is 2. The molecule has 7 nitrogen and oxygen atoms in total. The minimum atomic E-state index is -0.468. The number of fused-ring (bicyclic) bond motifs is 1. The molecule has 0 atom stereocenters. The second kappa shape index (κ2) is 10.8. The summed E-state index contributed by atoms with van der Waals surface area (Å²) in [6.45, 7) is 3.65. The van der Waals surface area contributed by atoms with Gasteiger partial charge in [0.1, 0.15) is 17.1 Å². The van der Waals surface area contributed by atoms with Crippen LogP contribution in [0.2, 0.25) is 0 Å². The molecule has 3 heterocycles. The summed E-state index contributed by atoms with van der Waals surface area (Å²) in [5.74, 6) is 0.701. The minimum absolute atomic E-state index is 0.00651. The van der Waals surface area contributed by atoms with Crippen molar-refractivity contribution in [3.8, 4) is 33.9 Å². The highest BCUT2D eigenvalue weighted by Gasteiger charge is 2.22. The fraction of sp³-hybridized carbons (Fsp3) is 0.219. The largest absolute Gasteiger partial charge is 0.508 e. The highest BCUT2D eigenvalue weighted by molar-refractivity contribution is 9.10. The van der Waals surface area contributed by atoms with Crippen LogP contribution in [-0.4, -0.2) is 33.3 Å². The standard InChI is InChI=1S/C32H28BrN3O4/c1-19-23-11-13-27(38)25(30(23)40-31(39)28(19)20-8-4-2-5-9-20)16-21-18-34-32(36-14-6-3-7-15-36)35-29(21)24-17-22(33)10-12-26(24)37/h2,4-5,8-13,17-18,37-38H,3,6-7,14-16H2,1H3. The Kier molecular flexibility index (Phi) is 7.02. The van der Waals surface area contributed by atoms with E-state index in [-0.39, 0.29) is 17.9 Å². The summed E-state index contributed by atoms with van der Waals surface area (Å²) in [5.41, 5.74) is 4.17. The number of aromatic hydroxyl groups is 2. The summed E-state index contributed by atoms with van der Waals surface area (Å²) in [6.07, 6.45) is 5.28. The van der Waals surface area contributed by atoms with Gasteiger partial charge in [0, 0.05) is 52.3 Å². The van der Waals surface area contributed by atoms with Gasteiger partial charge in [0.25, 0.3) is 0 Å². The van der Waals surface area contributed by atoms with Crippen molar-refractivity contribution in [1.82, 2.24) is 9.97 Å². The molecule has 8 heteroatoms. The Balaban J connectivity index is 1.51. The van der Waals surface area contributed by atoms with Crippen LogP contribution < -0.4 is 10.5 Å². The van der Waals surface area contributed by atoms with Gasteiger partial charge in [-0.25, -0.2) is 14.8 Å². The van der Waals surface area contributed by atoms with Gasteiger partial charge in [-0.05, 0) is 67.6 Å². The first-order valence-corrected chi connectivity index (χ1v) is 14.1. The van der Waals surface area contributed by atoms with Crippen LogP contribution in [0.25, 0.3) is 33.4 Å². The summed E-state index contributed by atoms with van der Waals surface area (Å²) in [4.78, 5) is 25.0. The highest BCUT2D eigenvalue weighted by Crippen LogP contribution is 2.38. The maximum atomic E-state index is 13.2. The number of anilines is 1. The van der Waals surface area contributed by atoms with Gasteiger partial charge in [0.15, 0.2) is 0 Å². The summed E-state index contributed by atoms with van der Waals surface area (Å²) >= 11 is 3.51. The predicted molar refractivity (Wildman–Crippen MR) is 160 cm³/mol. The molecule has 0 radical (unpaired) electrons. The van der Waals surface area contributed by atoms with Crippen molar-refractivity contribution in [3.63, 3.8) is 0 Å². The van der Waals surface area contributed by atoms with Gasteiger partial charge in [0.05, 0.1) is 11.3 Å². The fourth-order valence-electron chi connectivity index (χ4n) is 5.47. The van der Waals surface area contributed by atoms with E-state index in [1.807, 2.05) is 43.3 Å². The summed E-state index contributed by atoms with van der Waals surface area (Å²) in [7, 11) is 0. The quantitative estimate of drug-likeness (QED) is 0.211. The van der Waals surface area contributed by atoms with E-state index in [9.17, 15) is 15.0 Å². The van der Waals surface area contributed by atoms with Gasteiger partial charge in [-0.15, -0.1) is 0 Å². The fourth-order valence-corrected chi connectivity index (χ4v) is 5.83. The molecule has 0 saturated carbocycles. The third kappa shape index (κ3) is 4.84. The maximum Gasteiger partial charge on any atom is 0.344 e. The summed E-state index contributed by atoms with van der Waals surface area (Å²) in [6, 6.07) is 18.0. The lowest BCUT2D eigenvalue weighted by molar-refractivity contribution is 0.466. The van der Waals surface area contributed by atoms with Crippen molar-refractivity contribution in [3.05, 3.63) is 98.4 Å². The van der Waals surface area contributed by atoms with Crippen molar-refractivity contribution in [1.29, 1.82) is 0 Å². The SMILES string of the molecule is Cc1c(-c2ccccc2)c(=O)oc2c(Cc3cnc(N4CCCCC4)nc3-c3cc(Br)ccc3O)c(O)ccc12. The molecule has 0 amide bonds. The van der Waals surface area contributed by atoms with E-state index in [2.05, 4.69) is 25.8 Å². The number of rotatable bonds is 5. The molecule has 0 aliphatic carbocycles. The molecule has 202 valence electrons. The van der Waals surface area contributed by atoms with Crippen LogP contribution in [0, 0.1) is 6.92 Å². The number of hydrogen-bond acceptors (Lipinski definition) is 7. The molecular formula is C32H28BrN3O4. The van der Waals surface area contributed by atoms with Gasteiger partial charge in [-0.1, -0.05) is 46.3 Å². The zero-order valence-electron chi connectivity index (χ0n) is 22.0. The molecule has 2 N–H and O–H groups in total. The lowest BCUT2D eigenvalue weighted by Gasteiger charge is -2.27. The normalized spacial score (nSPS) is 13.6. The molecule has 5 aromatic rings. The Morgan fingerprint density at radius 3 is 2.50 bits per heavy atom. The summed E-state index contributed by atoms with van der Waals surface area (Å²) < 4.78 is 6.70. The average Bonchev–Trinajstić information content (AvgIpc) is 2.97. The Hall–Kier alpha value is -4.17. The number of piperidine rings is 1. The number of aryl methyl sites for hydroxylation is 1. The first-order valence-electron chi connectivity index (χ1n) is 13.3. The number of aromatic nitrogens is 2. The van der Waals surface area contributed by atoms with Crippen molar-refractivity contribution in [2.45, 2.75) is 32.6 Å². The molecule has 3 aromatic carbocycles. The number of hydrogen-bond donors (Lipinski definition) is 2. The van der Waals surface area contributed by atoms with Crippen LogP contribution in [0.4, 0.5) is 5.95 Å². The van der Waals surface area contributed by atoms with Gasteiger partial charge in [-0.2, -0.15) is 0 Å². The molecule has 1 aliphatic heterocycles. The molecule has 1 saturated heterocycles. The molecular weight excluding hydrogens is 570 g/mol. The van der Waals surface area contributed by atoms with Crippen molar-refractivity contribution < 1.29 is 14.6 Å². The Bertz CT molecular complexity index is 1780. The zero-order chi connectivity index (χ0) is 27.8. The third-order valence-corrected chi connectivity index (χ3v) is 8.04. The number of benzene rings is 3. The smallest absolute Gasteiger partial charge is 0.344 e. The molecule has 40 heavy (non-hydrogen) atoms. The molecule has 1 aliphatic rings. The monoisotopic (exact) mass is 597 g/mol. The van der Waals surface area contributed by atoms with Crippen LogP contribution in [0.15, 0.2) is 80.5 Å². The second-order valence-electron chi connectivity index (χ2n) is 10.1. The molecule has 0 bridgehead atoms. The van der Waals surface area contributed by atoms with Crippen LogP contribution in [0.3, 0.4) is 0 Å². The van der Waals surface area contributed by atoms with E-state index in [0.29, 0.717) is 39.5 Å². The van der Waals surface area contributed by atoms with Gasteiger partial charge in [0.2, 0.25) is 5.95 Å². The number of halogens is 1. The molecule has 2 aromatic heterocycles. The first-order chi connectivity index (χ1) is 19.4. The van der Waals surface area contributed by atoms with Crippen LogP contribution in [0.1, 0.15) is 36.0 Å². The van der Waals surface area contributed by atoms with E-state index in [1.165, 1.54) is 6.42 Å². The van der Waals surface area contributed by atoms with E-state index in [4.69, 9.17) is 9.40 Å². The molecule has 0 spiro atoms. The van der Waals surface area contributed by atoms with Crippen LogP contribution in [-0.2, 0) is 6.42 Å². The number of phenols is 2. The first kappa shape index (κ1) is 26.1. The van der Waals surface area contributed by atoms with Gasteiger partial charge < -0.3 is 19.5 Å². The second-order valence-corrected chi connectivity index (χ2v) is 11.0. The zero-order valence-corrected chi connectivity index (χ0v) is 23.6. The van der Waals surface area contributed by atoms with Crippen LogP contribution >= 0.6 is 15.9 Å². The van der Waals surface area contributed by atoms with E-state index in [1.54, 1.807) is 30.5 Å². The Morgan fingerprint density at radius 2 is 1.73 bits per heavy atom. The van der Waals surface area contributed by atoms with Gasteiger partial charge >= 0.3 is 5.63 Å². The molecule has 6 rings (SSSR count). The third-order valence-electron chi connectivity index (χ3n) is 7.55. The topological polar surface area (TPSA) is 99.7 Å². The van der Waals surface area contributed by atoms with E-state index >= 15 is 0 Å². The van der Waals surface area contributed by atoms with E-state index in [0.717, 1.165) is 46.9 Å². The average molecular weight is 598 g/mol. The lowest BCUT2D eigenvalue weighted by atomic mass is 9.95. The molecule has 1 fully saturated rings. The van der Waals surface area contributed by atoms with Crippen molar-refractivity contribution in [2.75, 3.05) is 18.0 Å². The highest BCUT2D eigenvalue weighted by atomic mass is 79.9. The van der Waals surface area contributed by atoms with Gasteiger partial charge in [-0.3, -0.25) is 0 Å². The van der Waals surface area contributed by atoms with Crippen molar-refractivity contribution >= 4 is 32.8 Å². The maximum absolute atomic E-state index is 13.2.